The first kappa shape index (κ1) is 26.4. The van der Waals surface area contributed by atoms with Gasteiger partial charge in [-0.15, -0.1) is 10.2 Å². The van der Waals surface area contributed by atoms with Gasteiger partial charge in [-0.3, -0.25) is 9.59 Å². The summed E-state index contributed by atoms with van der Waals surface area (Å²) in [4.78, 5) is 31.8. The van der Waals surface area contributed by atoms with Gasteiger partial charge < -0.3 is 14.4 Å². The highest BCUT2D eigenvalue weighted by Crippen LogP contribution is 2.33. The maximum atomic E-state index is 13.2. The molecule has 0 spiro atoms. The van der Waals surface area contributed by atoms with E-state index < -0.39 is 5.25 Å². The minimum Gasteiger partial charge on any atom is -0.497 e. The highest BCUT2D eigenvalue weighted by Gasteiger charge is 2.23. The van der Waals surface area contributed by atoms with Crippen molar-refractivity contribution in [1.29, 1.82) is 0 Å². The van der Waals surface area contributed by atoms with E-state index in [1.165, 1.54) is 11.8 Å². The number of hydrogen-bond donors (Lipinski definition) is 0. The lowest BCUT2D eigenvalue weighted by molar-refractivity contribution is -0.117. The van der Waals surface area contributed by atoms with Crippen LogP contribution in [-0.2, 0) is 4.79 Å². The molecule has 2 heterocycles. The van der Waals surface area contributed by atoms with E-state index in [-0.39, 0.29) is 11.7 Å². The number of carbonyl (C=O) groups excluding carboxylic acids is 2. The van der Waals surface area contributed by atoms with Gasteiger partial charge in [0, 0.05) is 35.3 Å². The topological polar surface area (TPSA) is 94.5 Å². The quantitative estimate of drug-likeness (QED) is 0.197. The summed E-state index contributed by atoms with van der Waals surface area (Å²) in [6.45, 7) is 2.55. The van der Waals surface area contributed by atoms with E-state index in [1.807, 2.05) is 67.6 Å². The molecule has 0 bridgehead atoms. The summed E-state index contributed by atoms with van der Waals surface area (Å²) in [5.41, 5.74) is 4.37. The molecule has 5 rings (SSSR count). The molecule has 1 unspecified atom stereocenters. The van der Waals surface area contributed by atoms with Crippen molar-refractivity contribution in [3.05, 3.63) is 78.4 Å². The Morgan fingerprint density at radius 3 is 1.97 bits per heavy atom. The van der Waals surface area contributed by atoms with Crippen molar-refractivity contribution < 1.29 is 19.1 Å². The summed E-state index contributed by atoms with van der Waals surface area (Å²) in [6, 6.07) is 22.3. The van der Waals surface area contributed by atoms with Gasteiger partial charge in [0.1, 0.15) is 22.9 Å². The lowest BCUT2D eigenvalue weighted by Crippen LogP contribution is -2.23. The lowest BCUT2D eigenvalue weighted by atomic mass is 10.0. The molecule has 0 N–H and O–H groups in total. The molecule has 198 valence electrons. The van der Waals surface area contributed by atoms with Crippen molar-refractivity contribution in [2.45, 2.75) is 30.2 Å². The Morgan fingerprint density at radius 1 is 0.846 bits per heavy atom. The Morgan fingerprint density at radius 2 is 1.44 bits per heavy atom. The van der Waals surface area contributed by atoms with Crippen LogP contribution in [0.5, 0.6) is 11.5 Å². The fourth-order valence-electron chi connectivity index (χ4n) is 4.43. The highest BCUT2D eigenvalue weighted by atomic mass is 32.2. The van der Waals surface area contributed by atoms with Crippen molar-refractivity contribution >= 4 is 29.1 Å². The summed E-state index contributed by atoms with van der Waals surface area (Å²) in [6.07, 6.45) is 1.43. The van der Waals surface area contributed by atoms with Crippen molar-refractivity contribution in [2.75, 3.05) is 25.7 Å². The SMILES string of the molecule is COc1ccc(-c2nnc(SC(C)C(=O)c3ccc(N4CCCC4=O)cc3)nc2-c2ccc(OC)cc2)cc1. The van der Waals surface area contributed by atoms with Crippen LogP contribution in [0.4, 0.5) is 5.69 Å². The second-order valence-electron chi connectivity index (χ2n) is 9.07. The van der Waals surface area contributed by atoms with Gasteiger partial charge in [0.15, 0.2) is 5.78 Å². The second kappa shape index (κ2) is 11.7. The van der Waals surface area contributed by atoms with Crippen LogP contribution in [0.2, 0.25) is 0 Å². The Hall–Kier alpha value is -4.24. The molecule has 9 heteroatoms. The van der Waals surface area contributed by atoms with Gasteiger partial charge in [0.2, 0.25) is 11.1 Å². The average Bonchev–Trinajstić information content (AvgIpc) is 3.42. The number of ether oxygens (including phenoxy) is 2. The molecule has 1 aromatic heterocycles. The molecule has 1 fully saturated rings. The van der Waals surface area contributed by atoms with Crippen LogP contribution in [0.15, 0.2) is 78.0 Å². The average molecular weight is 541 g/mol. The summed E-state index contributed by atoms with van der Waals surface area (Å²) in [5.74, 6) is 1.55. The molecule has 8 nitrogen and oxygen atoms in total. The first-order valence-electron chi connectivity index (χ1n) is 12.6. The van der Waals surface area contributed by atoms with Gasteiger partial charge in [0.05, 0.1) is 19.5 Å². The Balaban J connectivity index is 1.40. The molecule has 0 saturated carbocycles. The molecule has 1 aliphatic rings. The van der Waals surface area contributed by atoms with Gasteiger partial charge in [-0.05, 0) is 86.1 Å². The van der Waals surface area contributed by atoms with E-state index in [9.17, 15) is 9.59 Å². The van der Waals surface area contributed by atoms with Gasteiger partial charge >= 0.3 is 0 Å². The van der Waals surface area contributed by atoms with Crippen LogP contribution in [0.3, 0.4) is 0 Å². The second-order valence-corrected chi connectivity index (χ2v) is 10.4. The van der Waals surface area contributed by atoms with Crippen LogP contribution in [0, 0.1) is 0 Å². The number of aromatic nitrogens is 3. The fourth-order valence-corrected chi connectivity index (χ4v) is 5.22. The number of benzene rings is 3. The summed E-state index contributed by atoms with van der Waals surface area (Å²) in [7, 11) is 3.24. The van der Waals surface area contributed by atoms with Crippen LogP contribution < -0.4 is 14.4 Å². The largest absolute Gasteiger partial charge is 0.497 e. The predicted molar refractivity (Wildman–Crippen MR) is 151 cm³/mol. The number of Topliss-reactive ketones (excluding diaryl/α,β-unsaturated/α-hetero) is 1. The minimum atomic E-state index is -0.443. The molecule has 1 amide bonds. The molecule has 1 saturated heterocycles. The number of methoxy groups -OCH3 is 2. The van der Waals surface area contributed by atoms with E-state index in [1.54, 1.807) is 31.3 Å². The zero-order valence-corrected chi connectivity index (χ0v) is 22.8. The van der Waals surface area contributed by atoms with Crippen LogP contribution in [0.25, 0.3) is 22.5 Å². The third-order valence-corrected chi connectivity index (χ3v) is 7.53. The lowest BCUT2D eigenvalue weighted by Gasteiger charge is -2.16. The Bertz CT molecular complexity index is 1470. The molecule has 1 aliphatic heterocycles. The number of ketones is 1. The van der Waals surface area contributed by atoms with Crippen LogP contribution >= 0.6 is 11.8 Å². The Kier molecular flexibility index (Phi) is 7.88. The van der Waals surface area contributed by atoms with Crippen LogP contribution in [-0.4, -0.2) is 52.9 Å². The van der Waals surface area contributed by atoms with Gasteiger partial charge in [0.25, 0.3) is 0 Å². The standard InChI is InChI=1S/C30H28N4O4S/c1-19(29(36)22-6-12-23(13-7-22)34-18-4-5-26(34)35)39-30-31-27(20-8-14-24(37-2)15-9-20)28(32-33-30)21-10-16-25(38-3)17-11-21/h6-17,19H,4-5,18H2,1-3H3. The molecular weight excluding hydrogens is 512 g/mol. The number of amides is 1. The molecular formula is C30H28N4O4S. The van der Waals surface area contributed by atoms with Gasteiger partial charge in [-0.25, -0.2) is 4.98 Å². The number of nitrogens with zero attached hydrogens (tertiary/aromatic N) is 4. The van der Waals surface area contributed by atoms with E-state index in [0.717, 1.165) is 34.7 Å². The third-order valence-electron chi connectivity index (χ3n) is 6.58. The predicted octanol–water partition coefficient (Wildman–Crippen LogP) is 5.71. The molecule has 39 heavy (non-hydrogen) atoms. The molecule has 0 aliphatic carbocycles. The molecule has 1 atom stereocenters. The number of carbonyl (C=O) groups is 2. The third kappa shape index (κ3) is 5.78. The highest BCUT2D eigenvalue weighted by molar-refractivity contribution is 8.00. The maximum Gasteiger partial charge on any atom is 0.227 e. The zero-order valence-electron chi connectivity index (χ0n) is 22.0. The molecule has 4 aromatic rings. The molecule has 3 aromatic carbocycles. The van der Waals surface area contributed by atoms with Crippen LogP contribution in [0.1, 0.15) is 30.1 Å². The normalized spacial score (nSPS) is 13.8. The zero-order chi connectivity index (χ0) is 27.4. The first-order valence-corrected chi connectivity index (χ1v) is 13.5. The van der Waals surface area contributed by atoms with E-state index >= 15 is 0 Å². The van der Waals surface area contributed by atoms with Crippen molar-refractivity contribution in [2.24, 2.45) is 0 Å². The monoisotopic (exact) mass is 540 g/mol. The van der Waals surface area contributed by atoms with Crippen molar-refractivity contribution in [3.8, 4) is 34.0 Å². The summed E-state index contributed by atoms with van der Waals surface area (Å²) < 4.78 is 10.6. The first-order chi connectivity index (χ1) is 19.0. The van der Waals surface area contributed by atoms with E-state index in [2.05, 4.69) is 10.2 Å². The van der Waals surface area contributed by atoms with Crippen molar-refractivity contribution in [3.63, 3.8) is 0 Å². The number of thioether (sulfide) groups is 1. The summed E-state index contributed by atoms with van der Waals surface area (Å²) in [5, 5.41) is 8.83. The van der Waals surface area contributed by atoms with E-state index in [4.69, 9.17) is 14.5 Å². The number of rotatable bonds is 9. The van der Waals surface area contributed by atoms with Gasteiger partial charge in [-0.2, -0.15) is 0 Å². The minimum absolute atomic E-state index is 0.0480. The Labute approximate surface area is 231 Å². The van der Waals surface area contributed by atoms with E-state index in [0.29, 0.717) is 35.1 Å². The fraction of sp³-hybridized carbons (Fsp3) is 0.233. The summed E-state index contributed by atoms with van der Waals surface area (Å²) >= 11 is 1.26. The number of hydrogen-bond acceptors (Lipinski definition) is 8. The number of anilines is 1. The molecule has 0 radical (unpaired) electrons. The maximum absolute atomic E-state index is 13.2. The smallest absolute Gasteiger partial charge is 0.227 e. The van der Waals surface area contributed by atoms with Crippen molar-refractivity contribution in [1.82, 2.24) is 15.2 Å². The van der Waals surface area contributed by atoms with Gasteiger partial charge in [-0.1, -0.05) is 11.8 Å².